The van der Waals surface area contributed by atoms with Gasteiger partial charge in [-0.2, -0.15) is 5.26 Å². The molecule has 3 heteroatoms. The molecule has 0 fully saturated rings. The molecule has 0 spiro atoms. The molecule has 1 rings (SSSR count). The second-order valence-corrected chi connectivity index (χ2v) is 4.32. The minimum atomic E-state index is 0.521. The van der Waals surface area contributed by atoms with E-state index in [4.69, 9.17) is 5.26 Å². The minimum absolute atomic E-state index is 0.521. The predicted molar refractivity (Wildman–Crippen MR) is 64.8 cm³/mol. The zero-order valence-corrected chi connectivity index (χ0v) is 9.81. The quantitative estimate of drug-likeness (QED) is 0.591. The lowest BCUT2D eigenvalue weighted by Gasteiger charge is -2.04. The van der Waals surface area contributed by atoms with Crippen LogP contribution in [0.3, 0.4) is 0 Å². The van der Waals surface area contributed by atoms with Gasteiger partial charge < -0.3 is 5.32 Å². The molecule has 0 saturated carbocycles. The third-order valence-corrected chi connectivity index (χ3v) is 2.86. The number of nitriles is 1. The van der Waals surface area contributed by atoms with E-state index < -0.39 is 0 Å². The number of hydrogen-bond acceptors (Lipinski definition) is 3. The van der Waals surface area contributed by atoms with Crippen molar-refractivity contribution in [3.05, 3.63) is 29.8 Å². The van der Waals surface area contributed by atoms with Gasteiger partial charge in [-0.1, -0.05) is 19.1 Å². The van der Waals surface area contributed by atoms with Gasteiger partial charge in [0.25, 0.3) is 0 Å². The van der Waals surface area contributed by atoms with Gasteiger partial charge in [-0.3, -0.25) is 0 Å². The number of hydrogen-bond donors (Lipinski definition) is 1. The lowest BCUT2D eigenvalue weighted by molar-refractivity contribution is 0.675. The Morgan fingerprint density at radius 2 is 2.07 bits per heavy atom. The van der Waals surface area contributed by atoms with Gasteiger partial charge >= 0.3 is 0 Å². The molecular weight excluding hydrogens is 204 g/mol. The monoisotopic (exact) mass is 220 g/mol. The maximum atomic E-state index is 8.44. The molecule has 0 saturated heterocycles. The van der Waals surface area contributed by atoms with Crippen LogP contribution in [0.2, 0.25) is 0 Å². The van der Waals surface area contributed by atoms with Gasteiger partial charge in [-0.05, 0) is 30.7 Å². The molecule has 0 aliphatic rings. The number of nitrogens with zero attached hydrogens (tertiary/aromatic N) is 1. The third-order valence-electron chi connectivity index (χ3n) is 1.98. The van der Waals surface area contributed by atoms with E-state index >= 15 is 0 Å². The van der Waals surface area contributed by atoms with Crippen molar-refractivity contribution in [1.29, 1.82) is 5.26 Å². The van der Waals surface area contributed by atoms with Crippen LogP contribution >= 0.6 is 11.8 Å². The largest absolute Gasteiger partial charge is 0.313 e. The van der Waals surface area contributed by atoms with Crippen molar-refractivity contribution >= 4 is 11.8 Å². The summed E-state index contributed by atoms with van der Waals surface area (Å²) in [6, 6.07) is 10.5. The van der Waals surface area contributed by atoms with E-state index in [1.54, 1.807) is 11.8 Å². The van der Waals surface area contributed by atoms with E-state index in [1.807, 2.05) is 0 Å². The highest BCUT2D eigenvalue weighted by Crippen LogP contribution is 2.17. The van der Waals surface area contributed by atoms with Crippen molar-refractivity contribution in [2.75, 3.05) is 12.3 Å². The zero-order valence-electron chi connectivity index (χ0n) is 8.99. The van der Waals surface area contributed by atoms with Crippen LogP contribution in [-0.2, 0) is 6.54 Å². The maximum Gasteiger partial charge on any atom is 0.0855 e. The van der Waals surface area contributed by atoms with Gasteiger partial charge in [-0.25, -0.2) is 0 Å². The highest BCUT2D eigenvalue weighted by atomic mass is 32.2. The van der Waals surface area contributed by atoms with Crippen LogP contribution in [0.5, 0.6) is 0 Å². The van der Waals surface area contributed by atoms with Crippen molar-refractivity contribution in [2.24, 2.45) is 0 Å². The maximum absolute atomic E-state index is 8.44. The Bertz CT molecular complexity index is 313. The molecule has 0 bridgehead atoms. The van der Waals surface area contributed by atoms with E-state index in [-0.39, 0.29) is 0 Å². The Kier molecular flexibility index (Phi) is 5.91. The molecule has 1 aromatic rings. The van der Waals surface area contributed by atoms with Crippen LogP contribution in [0.15, 0.2) is 29.2 Å². The van der Waals surface area contributed by atoms with Crippen LogP contribution in [0.25, 0.3) is 0 Å². The second-order valence-electron chi connectivity index (χ2n) is 3.27. The normalized spacial score (nSPS) is 9.87. The van der Waals surface area contributed by atoms with Crippen LogP contribution in [0, 0.1) is 11.3 Å². The Morgan fingerprint density at radius 3 is 2.67 bits per heavy atom. The van der Waals surface area contributed by atoms with Gasteiger partial charge in [0.05, 0.1) is 11.8 Å². The van der Waals surface area contributed by atoms with Gasteiger partial charge in [0.1, 0.15) is 0 Å². The standard InChI is InChI=1S/C12H16N2S/c1-2-8-14-10-11-3-5-12(6-4-11)15-9-7-13/h3-6,14H,2,8-10H2,1H3. The van der Waals surface area contributed by atoms with Gasteiger partial charge in [0.2, 0.25) is 0 Å². The summed E-state index contributed by atoms with van der Waals surface area (Å²) in [5.74, 6) is 0.521. The lowest BCUT2D eigenvalue weighted by atomic mass is 10.2. The Labute approximate surface area is 95.7 Å². The number of rotatable bonds is 6. The number of benzene rings is 1. The molecule has 1 aromatic carbocycles. The fraction of sp³-hybridized carbons (Fsp3) is 0.417. The van der Waals surface area contributed by atoms with Gasteiger partial charge in [0.15, 0.2) is 0 Å². The fourth-order valence-corrected chi connectivity index (χ4v) is 1.79. The fourth-order valence-electron chi connectivity index (χ4n) is 1.23. The second kappa shape index (κ2) is 7.33. The van der Waals surface area contributed by atoms with Gasteiger partial charge in [0, 0.05) is 11.4 Å². The molecule has 0 unspecified atom stereocenters. The molecule has 2 nitrogen and oxygen atoms in total. The van der Waals surface area contributed by atoms with Crippen molar-refractivity contribution in [3.63, 3.8) is 0 Å². The van der Waals surface area contributed by atoms with Crippen LogP contribution in [0.1, 0.15) is 18.9 Å². The smallest absolute Gasteiger partial charge is 0.0855 e. The average Bonchev–Trinajstić information content (AvgIpc) is 2.28. The molecule has 80 valence electrons. The number of nitrogens with one attached hydrogen (secondary N) is 1. The first kappa shape index (κ1) is 12.1. The molecule has 0 aromatic heterocycles. The van der Waals surface area contributed by atoms with E-state index in [1.165, 1.54) is 5.56 Å². The highest BCUT2D eigenvalue weighted by molar-refractivity contribution is 7.99. The zero-order chi connectivity index (χ0) is 10.9. The summed E-state index contributed by atoms with van der Waals surface area (Å²) in [4.78, 5) is 1.16. The summed E-state index contributed by atoms with van der Waals surface area (Å²) in [6.07, 6.45) is 1.16. The summed E-state index contributed by atoms with van der Waals surface area (Å²) in [6.45, 7) is 4.15. The van der Waals surface area contributed by atoms with Crippen LogP contribution in [0.4, 0.5) is 0 Å². The summed E-state index contributed by atoms with van der Waals surface area (Å²) >= 11 is 1.58. The van der Waals surface area contributed by atoms with E-state index in [9.17, 15) is 0 Å². The van der Waals surface area contributed by atoms with Crippen LogP contribution < -0.4 is 5.32 Å². The SMILES string of the molecule is CCCNCc1ccc(SCC#N)cc1. The lowest BCUT2D eigenvalue weighted by Crippen LogP contribution is -2.13. The number of thioether (sulfide) groups is 1. The summed E-state index contributed by atoms with van der Waals surface area (Å²) in [7, 11) is 0. The van der Waals surface area contributed by atoms with Crippen molar-refractivity contribution in [3.8, 4) is 6.07 Å². The summed E-state index contributed by atoms with van der Waals surface area (Å²) < 4.78 is 0. The van der Waals surface area contributed by atoms with Gasteiger partial charge in [-0.15, -0.1) is 11.8 Å². The topological polar surface area (TPSA) is 35.8 Å². The Hall–Kier alpha value is -0.980. The first-order chi connectivity index (χ1) is 7.36. The van der Waals surface area contributed by atoms with Crippen molar-refractivity contribution in [2.45, 2.75) is 24.8 Å². The first-order valence-electron chi connectivity index (χ1n) is 5.16. The summed E-state index contributed by atoms with van der Waals surface area (Å²) in [5, 5.41) is 11.8. The average molecular weight is 220 g/mol. The Morgan fingerprint density at radius 1 is 1.33 bits per heavy atom. The van der Waals surface area contributed by atoms with Crippen molar-refractivity contribution < 1.29 is 0 Å². The summed E-state index contributed by atoms with van der Waals surface area (Å²) in [5.41, 5.74) is 1.30. The predicted octanol–water partition coefficient (Wildman–Crippen LogP) is 2.80. The molecule has 0 amide bonds. The van der Waals surface area contributed by atoms with Crippen LogP contribution in [-0.4, -0.2) is 12.3 Å². The molecular formula is C12H16N2S. The molecule has 0 radical (unpaired) electrons. The molecule has 0 atom stereocenters. The van der Waals surface area contributed by atoms with Crippen molar-refractivity contribution in [1.82, 2.24) is 5.32 Å². The third kappa shape index (κ3) is 4.87. The first-order valence-corrected chi connectivity index (χ1v) is 6.14. The molecule has 0 aliphatic heterocycles. The minimum Gasteiger partial charge on any atom is -0.313 e. The molecule has 0 aliphatic carbocycles. The molecule has 0 heterocycles. The van der Waals surface area contributed by atoms with E-state index in [0.29, 0.717) is 5.75 Å². The highest BCUT2D eigenvalue weighted by Gasteiger charge is 1.94. The Balaban J connectivity index is 2.39. The van der Waals surface area contributed by atoms with E-state index in [2.05, 4.69) is 42.6 Å². The molecule has 15 heavy (non-hydrogen) atoms. The molecule has 1 N–H and O–H groups in total. The van der Waals surface area contributed by atoms with E-state index in [0.717, 1.165) is 24.4 Å².